The van der Waals surface area contributed by atoms with Gasteiger partial charge in [-0.15, -0.1) is 0 Å². The topological polar surface area (TPSA) is 130 Å². The number of carbonyl (C=O) groups excluding carboxylic acids is 2. The highest BCUT2D eigenvalue weighted by Crippen LogP contribution is 2.24. The Morgan fingerprint density at radius 2 is 1.08 bits per heavy atom. The van der Waals surface area contributed by atoms with Gasteiger partial charge in [0.15, 0.2) is 0 Å². The lowest BCUT2D eigenvalue weighted by Crippen LogP contribution is -2.21. The van der Waals surface area contributed by atoms with Gasteiger partial charge in [-0.3, -0.25) is 9.59 Å². The first-order valence-electron chi connectivity index (χ1n) is 13.6. The first-order chi connectivity index (χ1) is 18.8. The predicted octanol–water partition coefficient (Wildman–Crippen LogP) is 4.34. The largest absolute Gasteiger partial charge is 0.507 e. The molecule has 0 bridgehead atoms. The van der Waals surface area contributed by atoms with Crippen LogP contribution in [-0.4, -0.2) is 60.6 Å². The van der Waals surface area contributed by atoms with E-state index in [2.05, 4.69) is 58.5 Å². The van der Waals surface area contributed by atoms with E-state index in [1.165, 1.54) is 12.4 Å². The molecule has 2 aromatic carbocycles. The van der Waals surface area contributed by atoms with Gasteiger partial charge in [0.1, 0.15) is 11.5 Å². The van der Waals surface area contributed by atoms with Crippen LogP contribution in [0.2, 0.25) is 0 Å². The Morgan fingerprint density at radius 1 is 0.692 bits per heavy atom. The maximum atomic E-state index is 12.0. The molecule has 0 radical (unpaired) electrons. The molecule has 2 aromatic rings. The first kappa shape index (κ1) is 31.1. The summed E-state index contributed by atoms with van der Waals surface area (Å²) in [6.45, 7) is 11.6. The zero-order valence-electron chi connectivity index (χ0n) is 23.5. The number of hydrogen-bond donors (Lipinski definition) is 4. The summed E-state index contributed by atoms with van der Waals surface area (Å²) >= 11 is 0. The molecule has 0 spiro atoms. The number of aromatic hydroxyl groups is 2. The van der Waals surface area contributed by atoms with Crippen molar-refractivity contribution in [3.05, 3.63) is 47.5 Å². The lowest BCUT2D eigenvalue weighted by atomic mass is 10.1. The summed E-state index contributed by atoms with van der Waals surface area (Å²) in [5.74, 6) is -0.257. The van der Waals surface area contributed by atoms with Crippen molar-refractivity contribution in [3.8, 4) is 11.5 Å². The maximum absolute atomic E-state index is 12.0. The summed E-state index contributed by atoms with van der Waals surface area (Å²) in [6.07, 6.45) is 5.35. The minimum Gasteiger partial charge on any atom is -0.507 e. The quantitative estimate of drug-likeness (QED) is 0.143. The number of hydrogen-bond acceptors (Lipinski definition) is 8. The van der Waals surface area contributed by atoms with E-state index in [0.717, 1.165) is 37.6 Å². The summed E-state index contributed by atoms with van der Waals surface area (Å²) < 4.78 is 0. The molecular formula is C29H42N6O4. The number of unbranched alkanes of at least 4 members (excludes halogenated alkanes) is 2. The van der Waals surface area contributed by atoms with Gasteiger partial charge in [-0.1, -0.05) is 6.42 Å². The van der Waals surface area contributed by atoms with Crippen LogP contribution in [-0.2, 0) is 9.59 Å². The zero-order chi connectivity index (χ0) is 28.6. The highest BCUT2D eigenvalue weighted by molar-refractivity contribution is 5.87. The highest BCUT2D eigenvalue weighted by Gasteiger charge is 2.08. The Morgan fingerprint density at radius 3 is 1.41 bits per heavy atom. The van der Waals surface area contributed by atoms with E-state index in [4.69, 9.17) is 0 Å². The molecule has 4 N–H and O–H groups in total. The normalized spacial score (nSPS) is 11.2. The SMILES string of the molecule is CCN(CC)c1ccc(/C=N\NC(=O)CCCCCC(=O)N/N=C/c2ccc(N(CC)CC)cc2O)c(O)c1. The fourth-order valence-electron chi connectivity index (χ4n) is 4.06. The predicted molar refractivity (Wildman–Crippen MR) is 158 cm³/mol. The molecule has 0 aliphatic rings. The molecule has 0 aliphatic heterocycles. The average Bonchev–Trinajstić information content (AvgIpc) is 2.92. The van der Waals surface area contributed by atoms with Gasteiger partial charge in [0.25, 0.3) is 0 Å². The number of anilines is 2. The average molecular weight is 539 g/mol. The molecule has 10 heteroatoms. The second-order valence-electron chi connectivity index (χ2n) is 8.98. The van der Waals surface area contributed by atoms with Gasteiger partial charge < -0.3 is 20.0 Å². The molecule has 0 aromatic heterocycles. The standard InChI is InChI=1S/C29H42N6O4/c1-5-34(6-2)24-16-14-22(26(36)18-24)20-30-32-28(38)12-10-9-11-13-29(39)33-31-21-23-15-17-25(19-27(23)37)35(7-3)8-4/h14-21,36-37H,5-13H2,1-4H3,(H,32,38)(H,33,39)/b30-20-,31-21+. The van der Waals surface area contributed by atoms with Crippen molar-refractivity contribution in [2.45, 2.75) is 59.8 Å². The molecule has 0 saturated carbocycles. The van der Waals surface area contributed by atoms with Crippen molar-refractivity contribution in [2.24, 2.45) is 10.2 Å². The van der Waals surface area contributed by atoms with Crippen LogP contribution in [0.5, 0.6) is 11.5 Å². The summed E-state index contributed by atoms with van der Waals surface area (Å²) in [5.41, 5.74) is 7.84. The number of nitrogens with zero attached hydrogens (tertiary/aromatic N) is 4. The molecule has 10 nitrogen and oxygen atoms in total. The van der Waals surface area contributed by atoms with E-state index >= 15 is 0 Å². The fraction of sp³-hybridized carbons (Fsp3) is 0.448. The monoisotopic (exact) mass is 538 g/mol. The van der Waals surface area contributed by atoms with E-state index in [-0.39, 0.29) is 36.2 Å². The third-order valence-electron chi connectivity index (χ3n) is 6.38. The molecule has 0 aliphatic carbocycles. The molecule has 2 amide bonds. The molecule has 0 atom stereocenters. The number of benzene rings is 2. The summed E-state index contributed by atoms with van der Waals surface area (Å²) in [4.78, 5) is 28.3. The second kappa shape index (κ2) is 16.7. The van der Waals surface area contributed by atoms with Gasteiger partial charge in [-0.05, 0) is 64.8 Å². The second-order valence-corrected chi connectivity index (χ2v) is 8.98. The summed E-state index contributed by atoms with van der Waals surface area (Å²) in [5, 5.41) is 28.3. The van der Waals surface area contributed by atoms with Gasteiger partial charge >= 0.3 is 0 Å². The number of nitrogens with one attached hydrogen (secondary N) is 2. The Bertz CT molecular complexity index is 1040. The summed E-state index contributed by atoms with van der Waals surface area (Å²) in [7, 11) is 0. The molecular weight excluding hydrogens is 496 g/mol. The van der Waals surface area contributed by atoms with E-state index in [1.54, 1.807) is 24.3 Å². The Balaban J connectivity index is 1.65. The number of phenols is 2. The van der Waals surface area contributed by atoms with E-state index < -0.39 is 0 Å². The maximum Gasteiger partial charge on any atom is 0.240 e. The molecule has 212 valence electrons. The van der Waals surface area contributed by atoms with E-state index in [0.29, 0.717) is 30.4 Å². The smallest absolute Gasteiger partial charge is 0.240 e. The number of phenolic OH excluding ortho intramolecular Hbond substituents is 2. The van der Waals surface area contributed by atoms with Crippen LogP contribution in [0, 0.1) is 0 Å². The van der Waals surface area contributed by atoms with Crippen molar-refractivity contribution >= 4 is 35.6 Å². The highest BCUT2D eigenvalue weighted by atomic mass is 16.3. The molecule has 0 saturated heterocycles. The van der Waals surface area contributed by atoms with E-state index in [9.17, 15) is 19.8 Å². The van der Waals surface area contributed by atoms with Crippen molar-refractivity contribution in [3.63, 3.8) is 0 Å². The number of hydrazone groups is 2. The number of rotatable bonds is 16. The van der Waals surface area contributed by atoms with Crippen LogP contribution < -0.4 is 20.7 Å². The van der Waals surface area contributed by atoms with Crippen LogP contribution in [0.25, 0.3) is 0 Å². The Kier molecular flexibility index (Phi) is 13.3. The zero-order valence-corrected chi connectivity index (χ0v) is 23.5. The number of carbonyl (C=O) groups is 2. The Hall–Kier alpha value is -4.08. The molecule has 2 rings (SSSR count). The van der Waals surface area contributed by atoms with Crippen LogP contribution in [0.3, 0.4) is 0 Å². The van der Waals surface area contributed by atoms with E-state index in [1.807, 2.05) is 12.1 Å². The summed E-state index contributed by atoms with van der Waals surface area (Å²) in [6, 6.07) is 10.7. The molecule has 0 fully saturated rings. The number of amides is 2. The van der Waals surface area contributed by atoms with Gasteiger partial charge in [0, 0.05) is 73.7 Å². The minimum absolute atomic E-state index is 0.102. The molecule has 0 heterocycles. The minimum atomic E-state index is -0.230. The van der Waals surface area contributed by atoms with Gasteiger partial charge in [0.2, 0.25) is 11.8 Å². The fourth-order valence-corrected chi connectivity index (χ4v) is 4.06. The van der Waals surface area contributed by atoms with Gasteiger partial charge in [-0.2, -0.15) is 10.2 Å². The van der Waals surface area contributed by atoms with Crippen LogP contribution in [0.1, 0.15) is 70.9 Å². The molecule has 0 unspecified atom stereocenters. The van der Waals surface area contributed by atoms with Gasteiger partial charge in [-0.25, -0.2) is 10.9 Å². The van der Waals surface area contributed by atoms with Crippen LogP contribution in [0.4, 0.5) is 11.4 Å². The lowest BCUT2D eigenvalue weighted by molar-refractivity contribution is -0.121. The van der Waals surface area contributed by atoms with Crippen molar-refractivity contribution in [1.29, 1.82) is 0 Å². The Labute approximate surface area is 231 Å². The van der Waals surface area contributed by atoms with Gasteiger partial charge in [0.05, 0.1) is 12.4 Å². The third kappa shape index (κ3) is 10.3. The van der Waals surface area contributed by atoms with Crippen molar-refractivity contribution < 1.29 is 19.8 Å². The molecule has 39 heavy (non-hydrogen) atoms. The van der Waals surface area contributed by atoms with Crippen LogP contribution >= 0.6 is 0 Å². The van der Waals surface area contributed by atoms with Crippen molar-refractivity contribution in [2.75, 3.05) is 36.0 Å². The lowest BCUT2D eigenvalue weighted by Gasteiger charge is -2.21. The van der Waals surface area contributed by atoms with Crippen LogP contribution in [0.15, 0.2) is 46.6 Å². The third-order valence-corrected chi connectivity index (χ3v) is 6.38. The van der Waals surface area contributed by atoms with Crippen molar-refractivity contribution in [1.82, 2.24) is 10.9 Å². The first-order valence-corrected chi connectivity index (χ1v) is 13.6.